The van der Waals surface area contributed by atoms with Crippen molar-refractivity contribution in [2.45, 2.75) is 19.3 Å². The largest absolute Gasteiger partial charge is 0.377 e. The van der Waals surface area contributed by atoms with E-state index >= 15 is 0 Å². The molecule has 1 aromatic carbocycles. The van der Waals surface area contributed by atoms with Crippen molar-refractivity contribution in [1.82, 2.24) is 4.90 Å². The highest BCUT2D eigenvalue weighted by molar-refractivity contribution is 6.28. The van der Waals surface area contributed by atoms with Crippen molar-refractivity contribution < 1.29 is 9.63 Å². The van der Waals surface area contributed by atoms with Gasteiger partial charge in [0.05, 0.1) is 0 Å². The lowest BCUT2D eigenvalue weighted by Gasteiger charge is -2.25. The van der Waals surface area contributed by atoms with Gasteiger partial charge in [0.2, 0.25) is 0 Å². The number of nitrogens with zero attached hydrogens (tertiary/aromatic N) is 2. The van der Waals surface area contributed by atoms with Crippen LogP contribution in [0.4, 0.5) is 0 Å². The van der Waals surface area contributed by atoms with Crippen LogP contribution in [-0.2, 0) is 9.63 Å². The molecule has 2 aliphatic heterocycles. The second kappa shape index (κ2) is 5.26. The van der Waals surface area contributed by atoms with E-state index in [4.69, 9.17) is 4.84 Å². The van der Waals surface area contributed by atoms with Gasteiger partial charge in [0.15, 0.2) is 0 Å². The third-order valence-corrected chi connectivity index (χ3v) is 3.44. The van der Waals surface area contributed by atoms with E-state index in [9.17, 15) is 4.79 Å². The topological polar surface area (TPSA) is 41.9 Å². The van der Waals surface area contributed by atoms with Crippen LogP contribution in [-0.4, -0.2) is 29.7 Å². The van der Waals surface area contributed by atoms with Gasteiger partial charge in [0, 0.05) is 24.9 Å². The van der Waals surface area contributed by atoms with Crippen LogP contribution in [0.1, 0.15) is 24.8 Å². The molecule has 0 aromatic heterocycles. The first-order valence-corrected chi connectivity index (χ1v) is 6.65. The first-order valence-electron chi connectivity index (χ1n) is 6.65. The summed E-state index contributed by atoms with van der Waals surface area (Å²) in [5, 5.41) is 3.91. The fourth-order valence-electron chi connectivity index (χ4n) is 2.43. The van der Waals surface area contributed by atoms with Crippen LogP contribution in [0.2, 0.25) is 0 Å². The zero-order valence-corrected chi connectivity index (χ0v) is 10.7. The molecule has 1 saturated heterocycles. The number of piperidine rings is 1. The third-order valence-electron chi connectivity index (χ3n) is 3.44. The number of carbonyl (C=O) groups is 1. The molecule has 1 fully saturated rings. The summed E-state index contributed by atoms with van der Waals surface area (Å²) >= 11 is 0. The van der Waals surface area contributed by atoms with Crippen LogP contribution >= 0.6 is 0 Å². The summed E-state index contributed by atoms with van der Waals surface area (Å²) in [6, 6.07) is 9.67. The number of benzene rings is 1. The molecule has 0 amide bonds. The van der Waals surface area contributed by atoms with Crippen molar-refractivity contribution >= 4 is 11.7 Å². The molecule has 4 nitrogen and oxygen atoms in total. The lowest BCUT2D eigenvalue weighted by Crippen LogP contribution is -2.26. The quantitative estimate of drug-likeness (QED) is 0.602. The Kier molecular flexibility index (Phi) is 3.31. The molecule has 19 heavy (non-hydrogen) atoms. The molecule has 0 N–H and O–H groups in total. The fourth-order valence-corrected chi connectivity index (χ4v) is 2.43. The van der Waals surface area contributed by atoms with E-state index in [2.05, 4.69) is 10.1 Å². The summed E-state index contributed by atoms with van der Waals surface area (Å²) in [5.41, 5.74) is 2.11. The molecule has 4 heteroatoms. The average Bonchev–Trinajstić information content (AvgIpc) is 2.82. The smallest absolute Gasteiger partial charge is 0.369 e. The lowest BCUT2D eigenvalue weighted by atomic mass is 10.0. The van der Waals surface area contributed by atoms with Gasteiger partial charge in [-0.1, -0.05) is 35.5 Å². The number of likely N-dealkylation sites (tertiary alicyclic amines) is 1. The molecule has 2 heterocycles. The van der Waals surface area contributed by atoms with Crippen LogP contribution in [0, 0.1) is 0 Å². The number of rotatable bonds is 2. The minimum Gasteiger partial charge on any atom is -0.377 e. The van der Waals surface area contributed by atoms with Gasteiger partial charge in [-0.2, -0.15) is 0 Å². The highest BCUT2D eigenvalue weighted by Gasteiger charge is 2.27. The van der Waals surface area contributed by atoms with Gasteiger partial charge in [-0.25, -0.2) is 4.79 Å². The summed E-state index contributed by atoms with van der Waals surface area (Å²) in [5.74, 6) is -0.357. The lowest BCUT2D eigenvalue weighted by molar-refractivity contribution is -0.136. The second-order valence-corrected chi connectivity index (χ2v) is 4.82. The molecule has 0 aliphatic carbocycles. The normalized spacial score (nSPS) is 21.5. The van der Waals surface area contributed by atoms with E-state index < -0.39 is 0 Å². The maximum atomic E-state index is 11.8. The predicted octanol–water partition coefficient (Wildman–Crippen LogP) is 2.32. The SMILES string of the molecule is O=C1ON=C(c2ccccc2)C1=CN1CCCCC1. The van der Waals surface area contributed by atoms with Crippen molar-refractivity contribution in [3.05, 3.63) is 47.7 Å². The van der Waals surface area contributed by atoms with Gasteiger partial charge in [-0.3, -0.25) is 0 Å². The monoisotopic (exact) mass is 256 g/mol. The summed E-state index contributed by atoms with van der Waals surface area (Å²) in [6.07, 6.45) is 5.53. The standard InChI is InChI=1S/C15H16N2O2/c18-15-13(11-17-9-5-2-6-10-17)14(16-19-15)12-7-3-1-4-8-12/h1,3-4,7-8,11H,2,5-6,9-10H2. The molecule has 0 atom stereocenters. The Morgan fingerprint density at radius 3 is 2.58 bits per heavy atom. The molecule has 0 unspecified atom stereocenters. The van der Waals surface area contributed by atoms with E-state index in [1.54, 1.807) is 0 Å². The van der Waals surface area contributed by atoms with Gasteiger partial charge in [-0.05, 0) is 19.3 Å². The molecule has 0 radical (unpaired) electrons. The average molecular weight is 256 g/mol. The summed E-state index contributed by atoms with van der Waals surface area (Å²) in [4.78, 5) is 18.8. The van der Waals surface area contributed by atoms with Crippen LogP contribution in [0.5, 0.6) is 0 Å². The number of hydrogen-bond acceptors (Lipinski definition) is 4. The Morgan fingerprint density at radius 1 is 1.11 bits per heavy atom. The molecule has 0 spiro atoms. The minimum atomic E-state index is -0.357. The van der Waals surface area contributed by atoms with Crippen molar-refractivity contribution in [2.75, 3.05) is 13.1 Å². The van der Waals surface area contributed by atoms with E-state index in [0.29, 0.717) is 11.3 Å². The fraction of sp³-hybridized carbons (Fsp3) is 0.333. The molecule has 98 valence electrons. The van der Waals surface area contributed by atoms with E-state index in [1.165, 1.54) is 19.3 Å². The van der Waals surface area contributed by atoms with Gasteiger partial charge < -0.3 is 9.74 Å². The van der Waals surface area contributed by atoms with E-state index in [0.717, 1.165) is 18.7 Å². The van der Waals surface area contributed by atoms with Gasteiger partial charge in [-0.15, -0.1) is 0 Å². The van der Waals surface area contributed by atoms with Gasteiger partial charge in [0.1, 0.15) is 11.3 Å². The molecule has 1 aromatic rings. The van der Waals surface area contributed by atoms with Crippen molar-refractivity contribution in [2.24, 2.45) is 5.16 Å². The van der Waals surface area contributed by atoms with Crippen molar-refractivity contribution in [1.29, 1.82) is 0 Å². The highest BCUT2D eigenvalue weighted by atomic mass is 16.7. The van der Waals surface area contributed by atoms with Crippen molar-refractivity contribution in [3.8, 4) is 0 Å². The van der Waals surface area contributed by atoms with Gasteiger partial charge in [0.25, 0.3) is 0 Å². The Labute approximate surface area is 112 Å². The Morgan fingerprint density at radius 2 is 1.84 bits per heavy atom. The molecule has 3 rings (SSSR count). The molecule has 0 saturated carbocycles. The minimum absolute atomic E-state index is 0.357. The summed E-state index contributed by atoms with van der Waals surface area (Å²) < 4.78 is 0. The maximum Gasteiger partial charge on any atom is 0.369 e. The zero-order chi connectivity index (χ0) is 13.1. The van der Waals surface area contributed by atoms with Crippen molar-refractivity contribution in [3.63, 3.8) is 0 Å². The zero-order valence-electron chi connectivity index (χ0n) is 10.7. The van der Waals surface area contributed by atoms with E-state index in [1.807, 2.05) is 36.5 Å². The molecule has 2 aliphatic rings. The third kappa shape index (κ3) is 2.52. The molecular weight excluding hydrogens is 240 g/mol. The summed E-state index contributed by atoms with van der Waals surface area (Å²) in [6.45, 7) is 2.00. The highest BCUT2D eigenvalue weighted by Crippen LogP contribution is 2.20. The maximum absolute atomic E-state index is 11.8. The first-order chi connectivity index (χ1) is 9.34. The Hall–Kier alpha value is -2.10. The number of carbonyl (C=O) groups excluding carboxylic acids is 1. The van der Waals surface area contributed by atoms with Gasteiger partial charge >= 0.3 is 5.97 Å². The number of hydrogen-bond donors (Lipinski definition) is 0. The Bertz CT molecular complexity index is 528. The first kappa shape index (κ1) is 12.0. The van der Waals surface area contributed by atoms with Crippen LogP contribution < -0.4 is 0 Å². The second-order valence-electron chi connectivity index (χ2n) is 4.82. The summed E-state index contributed by atoms with van der Waals surface area (Å²) in [7, 11) is 0. The van der Waals surface area contributed by atoms with Crippen LogP contribution in [0.25, 0.3) is 0 Å². The van der Waals surface area contributed by atoms with Crippen LogP contribution in [0.3, 0.4) is 0 Å². The molecular formula is C15H16N2O2. The number of oxime groups is 1. The molecule has 0 bridgehead atoms. The van der Waals surface area contributed by atoms with E-state index in [-0.39, 0.29) is 5.97 Å². The predicted molar refractivity (Wildman–Crippen MR) is 72.6 cm³/mol. The van der Waals surface area contributed by atoms with Crippen LogP contribution in [0.15, 0.2) is 47.3 Å². The Balaban J connectivity index is 1.88.